The quantitative estimate of drug-likeness (QED) is 0.260. The fraction of sp³-hybridized carbons (Fsp3) is 0.353. The van der Waals surface area contributed by atoms with E-state index in [1.807, 2.05) is 31.2 Å². The van der Waals surface area contributed by atoms with Crippen LogP contribution < -0.4 is 15.8 Å². The van der Waals surface area contributed by atoms with E-state index in [0.717, 1.165) is 15.6 Å². The van der Waals surface area contributed by atoms with Crippen LogP contribution in [0.3, 0.4) is 0 Å². The molecule has 2 aromatic carbocycles. The second-order valence-corrected chi connectivity index (χ2v) is 6.19. The molecule has 1 unspecified atom stereocenters. The summed E-state index contributed by atoms with van der Waals surface area (Å²) in [6, 6.07) is 12.3. The van der Waals surface area contributed by atoms with E-state index in [1.165, 1.54) is 5.39 Å². The first-order valence-electron chi connectivity index (χ1n) is 7.46. The molecule has 0 saturated heterocycles. The summed E-state index contributed by atoms with van der Waals surface area (Å²) in [6.45, 7) is 3.54. The molecule has 2 aromatic rings. The van der Waals surface area contributed by atoms with E-state index in [2.05, 4.69) is 38.4 Å². The van der Waals surface area contributed by atoms with Crippen molar-refractivity contribution in [1.29, 1.82) is 0 Å². The third-order valence-electron chi connectivity index (χ3n) is 3.23. The number of nitrogens with two attached hydrogens (primary N) is 1. The highest BCUT2D eigenvalue weighted by atomic mass is 127. The Labute approximate surface area is 168 Å². The largest absolute Gasteiger partial charge is 0.492 e. The zero-order valence-electron chi connectivity index (χ0n) is 13.8. The Morgan fingerprint density at radius 1 is 1.25 bits per heavy atom. The van der Waals surface area contributed by atoms with Crippen molar-refractivity contribution < 1.29 is 9.47 Å². The molecule has 0 fully saturated rings. The van der Waals surface area contributed by atoms with Crippen molar-refractivity contribution in [3.63, 3.8) is 0 Å². The van der Waals surface area contributed by atoms with Crippen LogP contribution in [-0.4, -0.2) is 38.9 Å². The van der Waals surface area contributed by atoms with Crippen LogP contribution in [0.4, 0.5) is 0 Å². The van der Waals surface area contributed by atoms with E-state index in [9.17, 15) is 0 Å². The van der Waals surface area contributed by atoms with Crippen molar-refractivity contribution in [3.8, 4) is 5.75 Å². The summed E-state index contributed by atoms with van der Waals surface area (Å²) in [6.07, 6.45) is 0. The highest BCUT2D eigenvalue weighted by Crippen LogP contribution is 2.24. The summed E-state index contributed by atoms with van der Waals surface area (Å²) < 4.78 is 11.8. The molecule has 24 heavy (non-hydrogen) atoms. The van der Waals surface area contributed by atoms with Gasteiger partial charge in [-0.25, -0.2) is 4.99 Å². The van der Waals surface area contributed by atoms with Gasteiger partial charge in [-0.2, -0.15) is 0 Å². The number of fused-ring (bicyclic) bond motifs is 1. The van der Waals surface area contributed by atoms with Gasteiger partial charge in [-0.15, -0.1) is 24.0 Å². The van der Waals surface area contributed by atoms with Gasteiger partial charge in [0.15, 0.2) is 5.96 Å². The number of nitrogens with one attached hydrogen (secondary N) is 1. The van der Waals surface area contributed by atoms with Crippen molar-refractivity contribution in [2.24, 2.45) is 10.7 Å². The Bertz CT molecular complexity index is 682. The van der Waals surface area contributed by atoms with Gasteiger partial charge in [0, 0.05) is 17.6 Å². The maximum Gasteiger partial charge on any atom is 0.188 e. The molecular weight excluding hydrogens is 485 g/mol. The molecule has 0 amide bonds. The number of rotatable bonds is 7. The molecule has 0 bridgehead atoms. The monoisotopic (exact) mass is 507 g/mol. The predicted octanol–water partition coefficient (Wildman–Crippen LogP) is 3.54. The second kappa shape index (κ2) is 10.7. The molecule has 2 rings (SSSR count). The van der Waals surface area contributed by atoms with Crippen molar-refractivity contribution >= 4 is 56.6 Å². The minimum atomic E-state index is 0. The molecule has 0 heterocycles. The lowest BCUT2D eigenvalue weighted by Gasteiger charge is -2.13. The number of aliphatic imine (C=N–C) groups is 1. The Kier molecular flexibility index (Phi) is 9.38. The molecule has 0 saturated carbocycles. The van der Waals surface area contributed by atoms with Gasteiger partial charge in [0.2, 0.25) is 0 Å². The number of ether oxygens (including phenoxy) is 2. The Morgan fingerprint density at radius 2 is 1.96 bits per heavy atom. The van der Waals surface area contributed by atoms with Gasteiger partial charge in [-0.3, -0.25) is 0 Å². The van der Waals surface area contributed by atoms with Crippen LogP contribution in [0.5, 0.6) is 5.75 Å². The van der Waals surface area contributed by atoms with Gasteiger partial charge < -0.3 is 20.5 Å². The molecular formula is C17H23BrIN3O2. The molecule has 0 aliphatic heterocycles. The Morgan fingerprint density at radius 3 is 2.71 bits per heavy atom. The summed E-state index contributed by atoms with van der Waals surface area (Å²) in [5.74, 6) is 1.23. The summed E-state index contributed by atoms with van der Waals surface area (Å²) in [5, 5.41) is 5.37. The minimum absolute atomic E-state index is 0. The topological polar surface area (TPSA) is 68.9 Å². The summed E-state index contributed by atoms with van der Waals surface area (Å²) >= 11 is 3.47. The maximum atomic E-state index is 5.80. The maximum absolute atomic E-state index is 5.80. The number of halogens is 2. The summed E-state index contributed by atoms with van der Waals surface area (Å²) in [4.78, 5) is 4.23. The predicted molar refractivity (Wildman–Crippen MR) is 114 cm³/mol. The smallest absolute Gasteiger partial charge is 0.188 e. The molecule has 5 nitrogen and oxygen atoms in total. The van der Waals surface area contributed by atoms with Crippen LogP contribution >= 0.6 is 39.9 Å². The number of methoxy groups -OCH3 is 1. The average molecular weight is 508 g/mol. The molecule has 7 heteroatoms. The van der Waals surface area contributed by atoms with E-state index in [1.54, 1.807) is 7.11 Å². The molecule has 1 atom stereocenters. The van der Waals surface area contributed by atoms with Gasteiger partial charge in [-0.05, 0) is 42.0 Å². The van der Waals surface area contributed by atoms with Crippen molar-refractivity contribution in [1.82, 2.24) is 5.32 Å². The number of nitrogens with zero attached hydrogens (tertiary/aromatic N) is 1. The van der Waals surface area contributed by atoms with E-state index < -0.39 is 0 Å². The molecule has 132 valence electrons. The van der Waals surface area contributed by atoms with E-state index in [0.29, 0.717) is 25.7 Å². The van der Waals surface area contributed by atoms with E-state index in [-0.39, 0.29) is 30.0 Å². The number of hydrogen-bond acceptors (Lipinski definition) is 3. The molecule has 0 spiro atoms. The second-order valence-electron chi connectivity index (χ2n) is 5.27. The van der Waals surface area contributed by atoms with Gasteiger partial charge >= 0.3 is 0 Å². The highest BCUT2D eigenvalue weighted by molar-refractivity contribution is 14.0. The van der Waals surface area contributed by atoms with Crippen molar-refractivity contribution in [2.45, 2.75) is 13.0 Å². The average Bonchev–Trinajstić information content (AvgIpc) is 2.51. The van der Waals surface area contributed by atoms with Crippen LogP contribution in [0, 0.1) is 0 Å². The number of benzene rings is 2. The van der Waals surface area contributed by atoms with E-state index >= 15 is 0 Å². The van der Waals surface area contributed by atoms with E-state index in [4.69, 9.17) is 15.2 Å². The first-order chi connectivity index (χ1) is 11.1. The van der Waals surface area contributed by atoms with Crippen molar-refractivity contribution in [2.75, 3.05) is 26.9 Å². The number of hydrogen-bond donors (Lipinski definition) is 2. The Balaban J connectivity index is 0.00000288. The molecule has 0 aromatic heterocycles. The minimum Gasteiger partial charge on any atom is -0.492 e. The fourth-order valence-electron chi connectivity index (χ4n) is 2.20. The molecule has 0 radical (unpaired) electrons. The third-order valence-corrected chi connectivity index (χ3v) is 3.72. The molecule has 0 aliphatic carbocycles. The third kappa shape index (κ3) is 6.82. The highest BCUT2D eigenvalue weighted by Gasteiger charge is 2.01. The molecule has 0 aliphatic rings. The van der Waals surface area contributed by atoms with Crippen molar-refractivity contribution in [3.05, 3.63) is 40.9 Å². The zero-order chi connectivity index (χ0) is 16.7. The first-order valence-corrected chi connectivity index (χ1v) is 8.25. The SMILES string of the molecule is COCC(C)NC(N)=NCCOc1ccc2cc(Br)ccc2c1.I. The van der Waals surface area contributed by atoms with Gasteiger partial charge in [-0.1, -0.05) is 28.1 Å². The normalized spacial score (nSPS) is 12.5. The first kappa shape index (κ1) is 21.0. The number of guanidine groups is 1. The summed E-state index contributed by atoms with van der Waals surface area (Å²) in [5.41, 5.74) is 5.80. The fourth-order valence-corrected chi connectivity index (χ4v) is 2.58. The lowest BCUT2D eigenvalue weighted by molar-refractivity contribution is 0.179. The zero-order valence-corrected chi connectivity index (χ0v) is 17.7. The van der Waals surface area contributed by atoms with Gasteiger partial charge in [0.05, 0.1) is 13.2 Å². The van der Waals surface area contributed by atoms with Crippen LogP contribution in [-0.2, 0) is 4.74 Å². The summed E-state index contributed by atoms with van der Waals surface area (Å²) in [7, 11) is 1.65. The van der Waals surface area contributed by atoms with Crippen LogP contribution in [0.1, 0.15) is 6.92 Å². The van der Waals surface area contributed by atoms with Gasteiger partial charge in [0.1, 0.15) is 12.4 Å². The van der Waals surface area contributed by atoms with Gasteiger partial charge in [0.25, 0.3) is 0 Å². The lowest BCUT2D eigenvalue weighted by Crippen LogP contribution is -2.40. The van der Waals surface area contributed by atoms with Crippen LogP contribution in [0.2, 0.25) is 0 Å². The molecule has 3 N–H and O–H groups in total. The Hall–Kier alpha value is -1.06. The lowest BCUT2D eigenvalue weighted by atomic mass is 10.1. The van der Waals surface area contributed by atoms with Crippen LogP contribution in [0.15, 0.2) is 45.9 Å². The van der Waals surface area contributed by atoms with Crippen LogP contribution in [0.25, 0.3) is 10.8 Å². The standard InChI is InChI=1S/C17H22BrN3O2.HI/c1-12(11-22-2)21-17(19)20-7-8-23-16-6-4-13-9-15(18)5-3-14(13)10-16;/h3-6,9-10,12H,7-8,11H2,1-2H3,(H3,19,20,21);1H.